The van der Waals surface area contributed by atoms with Gasteiger partial charge in [-0.25, -0.2) is 0 Å². The number of aliphatic hydroxyl groups is 3. The van der Waals surface area contributed by atoms with Gasteiger partial charge in [0.1, 0.15) is 24.4 Å². The van der Waals surface area contributed by atoms with Crippen LogP contribution in [0.5, 0.6) is 0 Å². The van der Waals surface area contributed by atoms with Crippen LogP contribution in [0.2, 0.25) is 0 Å². The molecule has 6 atom stereocenters. The number of hydrogen-bond donors (Lipinski definition) is 4. The summed E-state index contributed by atoms with van der Waals surface area (Å²) >= 11 is 0. The normalized spacial score (nSPS) is 36.8. The Morgan fingerprint density at radius 2 is 2.05 bits per heavy atom. The molecule has 7 nitrogen and oxygen atoms in total. The number of aliphatic hydroxyl groups excluding tert-OH is 3. The highest BCUT2D eigenvalue weighted by molar-refractivity contribution is 5.73. The summed E-state index contributed by atoms with van der Waals surface area (Å²) in [4.78, 5) is 11.2. The Bertz CT molecular complexity index is 300. The minimum absolute atomic E-state index is 0.136. The van der Waals surface area contributed by atoms with Crippen LogP contribution in [-0.4, -0.2) is 64.6 Å². The summed E-state index contributed by atoms with van der Waals surface area (Å²) in [6.45, 7) is 4.62. The van der Waals surface area contributed by atoms with E-state index in [4.69, 9.17) is 14.6 Å². The second-order valence-electron chi connectivity index (χ2n) is 4.79. The molecule has 1 rings (SSSR count). The molecule has 0 spiro atoms. The summed E-state index contributed by atoms with van der Waals surface area (Å²) < 4.78 is 11.0. The summed E-state index contributed by atoms with van der Waals surface area (Å²) in [5.74, 6) is -0.361. The van der Waals surface area contributed by atoms with Crippen molar-refractivity contribution < 1.29 is 29.6 Å². The zero-order valence-electron chi connectivity index (χ0n) is 11.4. The fourth-order valence-corrected chi connectivity index (χ4v) is 1.91. The average molecular weight is 277 g/mol. The van der Waals surface area contributed by atoms with Gasteiger partial charge in [0, 0.05) is 6.92 Å². The second kappa shape index (κ2) is 7.16. The Kier molecular flexibility index (Phi) is 6.15. The average Bonchev–Trinajstić information content (AvgIpc) is 2.37. The Labute approximate surface area is 112 Å². The Morgan fingerprint density at radius 1 is 1.42 bits per heavy atom. The quantitative estimate of drug-likeness (QED) is 0.500. The van der Waals surface area contributed by atoms with Gasteiger partial charge in [0.05, 0.1) is 12.7 Å². The molecule has 0 radical (unpaired) electrons. The van der Waals surface area contributed by atoms with E-state index in [1.165, 1.54) is 6.92 Å². The highest BCUT2D eigenvalue weighted by Gasteiger charge is 2.45. The van der Waals surface area contributed by atoms with Gasteiger partial charge in [0.15, 0.2) is 6.29 Å². The first-order chi connectivity index (χ1) is 8.90. The molecule has 1 heterocycles. The molecule has 0 unspecified atom stereocenters. The van der Waals surface area contributed by atoms with E-state index in [2.05, 4.69) is 5.32 Å². The second-order valence-corrected chi connectivity index (χ2v) is 4.79. The zero-order chi connectivity index (χ0) is 14.6. The van der Waals surface area contributed by atoms with Gasteiger partial charge >= 0.3 is 0 Å². The highest BCUT2D eigenvalue weighted by Crippen LogP contribution is 2.23. The topological polar surface area (TPSA) is 108 Å². The molecule has 0 aromatic carbocycles. The van der Waals surface area contributed by atoms with Gasteiger partial charge < -0.3 is 30.1 Å². The Balaban J connectivity index is 2.83. The van der Waals surface area contributed by atoms with Crippen molar-refractivity contribution in [3.63, 3.8) is 0 Å². The molecule has 0 saturated carbocycles. The molecule has 0 bridgehead atoms. The van der Waals surface area contributed by atoms with Crippen LogP contribution in [0.1, 0.15) is 27.2 Å². The van der Waals surface area contributed by atoms with Crippen LogP contribution in [0.25, 0.3) is 0 Å². The fraction of sp³-hybridized carbons (Fsp3) is 0.917. The van der Waals surface area contributed by atoms with Crippen LogP contribution >= 0.6 is 0 Å². The van der Waals surface area contributed by atoms with E-state index in [1.807, 2.05) is 13.8 Å². The van der Waals surface area contributed by atoms with Crippen molar-refractivity contribution >= 4 is 5.91 Å². The number of amides is 1. The molecule has 4 N–H and O–H groups in total. The lowest BCUT2D eigenvalue weighted by atomic mass is 9.97. The molecule has 7 heteroatoms. The van der Waals surface area contributed by atoms with Crippen molar-refractivity contribution in [1.29, 1.82) is 0 Å². The molecule has 0 aromatic heterocycles. The van der Waals surface area contributed by atoms with Gasteiger partial charge in [-0.3, -0.25) is 4.79 Å². The molecule has 1 amide bonds. The van der Waals surface area contributed by atoms with E-state index in [9.17, 15) is 15.0 Å². The van der Waals surface area contributed by atoms with E-state index >= 15 is 0 Å². The number of carbonyl (C=O) groups is 1. The van der Waals surface area contributed by atoms with Crippen LogP contribution in [-0.2, 0) is 14.3 Å². The van der Waals surface area contributed by atoms with Crippen LogP contribution in [0.15, 0.2) is 0 Å². The molecule has 1 aliphatic heterocycles. The standard InChI is InChI=1S/C12H23NO6/c1-4-6(2)18-12-9(13-7(3)15)11(17)10(16)8(5-14)19-12/h6,8-12,14,16-17H,4-5H2,1-3H3,(H,13,15)/t6-,8+,9+,10+,11+,12+/m1/s1. The maximum Gasteiger partial charge on any atom is 0.217 e. The SMILES string of the molecule is CC[C@@H](C)O[C@H]1O[C@@H](CO)[C@H](O)[C@@H](O)[C@@H]1NC(C)=O. The predicted octanol–water partition coefficient (Wildman–Crippen LogP) is -1.25. The molecular formula is C12H23NO6. The molecule has 19 heavy (non-hydrogen) atoms. The maximum atomic E-state index is 11.2. The van der Waals surface area contributed by atoms with Crippen molar-refractivity contribution in [2.75, 3.05) is 6.61 Å². The molecular weight excluding hydrogens is 254 g/mol. The minimum atomic E-state index is -1.28. The maximum absolute atomic E-state index is 11.2. The lowest BCUT2D eigenvalue weighted by Gasteiger charge is -2.42. The van der Waals surface area contributed by atoms with Crippen LogP contribution < -0.4 is 5.32 Å². The molecule has 0 aliphatic carbocycles. The first-order valence-corrected chi connectivity index (χ1v) is 6.45. The summed E-state index contributed by atoms with van der Waals surface area (Å²) in [6, 6.07) is -0.871. The van der Waals surface area contributed by atoms with Crippen molar-refractivity contribution in [3.8, 4) is 0 Å². The number of hydrogen-bond acceptors (Lipinski definition) is 6. The van der Waals surface area contributed by atoms with Crippen LogP contribution in [0, 0.1) is 0 Å². The lowest BCUT2D eigenvalue weighted by Crippen LogP contribution is -2.64. The molecule has 1 aliphatic rings. The highest BCUT2D eigenvalue weighted by atomic mass is 16.7. The van der Waals surface area contributed by atoms with Crippen LogP contribution in [0.4, 0.5) is 0 Å². The summed E-state index contributed by atoms with van der Waals surface area (Å²) in [5.41, 5.74) is 0. The van der Waals surface area contributed by atoms with Gasteiger partial charge in [-0.15, -0.1) is 0 Å². The first-order valence-electron chi connectivity index (χ1n) is 6.45. The fourth-order valence-electron chi connectivity index (χ4n) is 1.91. The van der Waals surface area contributed by atoms with Gasteiger partial charge in [-0.05, 0) is 13.3 Å². The Hall–Kier alpha value is -0.730. The summed E-state index contributed by atoms with van der Waals surface area (Å²) in [5, 5.41) is 31.4. The lowest BCUT2D eigenvalue weighted by molar-refractivity contribution is -0.280. The molecule has 0 aromatic rings. The van der Waals surface area contributed by atoms with E-state index in [0.29, 0.717) is 0 Å². The van der Waals surface area contributed by atoms with Gasteiger partial charge in [0.25, 0.3) is 0 Å². The third-order valence-electron chi connectivity index (χ3n) is 3.19. The number of nitrogens with one attached hydrogen (secondary N) is 1. The molecule has 1 saturated heterocycles. The first kappa shape index (κ1) is 16.3. The van der Waals surface area contributed by atoms with E-state index in [0.717, 1.165) is 6.42 Å². The summed E-state index contributed by atoms with van der Waals surface area (Å²) in [7, 11) is 0. The smallest absolute Gasteiger partial charge is 0.217 e. The van der Waals surface area contributed by atoms with Crippen LogP contribution in [0.3, 0.4) is 0 Å². The van der Waals surface area contributed by atoms with Crippen molar-refractivity contribution in [2.24, 2.45) is 0 Å². The predicted molar refractivity (Wildman–Crippen MR) is 66.2 cm³/mol. The molecule has 1 fully saturated rings. The monoisotopic (exact) mass is 277 g/mol. The van der Waals surface area contributed by atoms with Gasteiger partial charge in [0.2, 0.25) is 5.91 Å². The molecule has 112 valence electrons. The third kappa shape index (κ3) is 4.12. The Morgan fingerprint density at radius 3 is 2.53 bits per heavy atom. The summed E-state index contributed by atoms with van der Waals surface area (Å²) in [6.07, 6.45) is -3.79. The van der Waals surface area contributed by atoms with Gasteiger partial charge in [-0.2, -0.15) is 0 Å². The van der Waals surface area contributed by atoms with Crippen molar-refractivity contribution in [1.82, 2.24) is 5.32 Å². The van der Waals surface area contributed by atoms with E-state index in [-0.39, 0.29) is 12.0 Å². The van der Waals surface area contributed by atoms with E-state index in [1.54, 1.807) is 0 Å². The van der Waals surface area contributed by atoms with Crippen molar-refractivity contribution in [2.45, 2.75) is 63.9 Å². The number of carbonyl (C=O) groups excluding carboxylic acids is 1. The zero-order valence-corrected chi connectivity index (χ0v) is 11.4. The van der Waals surface area contributed by atoms with E-state index < -0.39 is 37.3 Å². The van der Waals surface area contributed by atoms with Gasteiger partial charge in [-0.1, -0.05) is 6.92 Å². The minimum Gasteiger partial charge on any atom is -0.394 e. The number of rotatable bonds is 5. The largest absolute Gasteiger partial charge is 0.394 e. The number of ether oxygens (including phenoxy) is 2. The third-order valence-corrected chi connectivity index (χ3v) is 3.19. The van der Waals surface area contributed by atoms with Crippen molar-refractivity contribution in [3.05, 3.63) is 0 Å².